The summed E-state index contributed by atoms with van der Waals surface area (Å²) in [4.78, 5) is 16.2. The topological polar surface area (TPSA) is 75.0 Å². The number of pyridine rings is 1. The maximum absolute atomic E-state index is 13.7. The van der Waals surface area contributed by atoms with Gasteiger partial charge in [-0.15, -0.1) is 0 Å². The summed E-state index contributed by atoms with van der Waals surface area (Å²) in [7, 11) is 0. The molecular weight excluding hydrogens is 437 g/mol. The lowest BCUT2D eigenvalue weighted by molar-refractivity contribution is -0.111. The third-order valence-corrected chi connectivity index (χ3v) is 4.43. The summed E-state index contributed by atoms with van der Waals surface area (Å²) in [5.41, 5.74) is 1.97. The highest BCUT2D eigenvalue weighted by Gasteiger charge is 2.08. The van der Waals surface area contributed by atoms with Gasteiger partial charge in [-0.3, -0.25) is 4.79 Å². The van der Waals surface area contributed by atoms with Crippen LogP contribution in [-0.2, 0) is 4.79 Å². The Bertz CT molecular complexity index is 1140. The minimum atomic E-state index is -0.416. The lowest BCUT2D eigenvalue weighted by Gasteiger charge is -2.10. The third-order valence-electron chi connectivity index (χ3n) is 3.93. The van der Waals surface area contributed by atoms with E-state index in [1.807, 2.05) is 13.0 Å². The number of amides is 1. The van der Waals surface area contributed by atoms with Crippen LogP contribution in [0.5, 0.6) is 11.6 Å². The molecule has 0 spiro atoms. The van der Waals surface area contributed by atoms with Gasteiger partial charge in [-0.1, -0.05) is 15.9 Å². The highest BCUT2D eigenvalue weighted by Crippen LogP contribution is 2.26. The number of nitriles is 1. The van der Waals surface area contributed by atoms with Crippen LogP contribution in [0.3, 0.4) is 0 Å². The first-order chi connectivity index (χ1) is 14.0. The highest BCUT2D eigenvalue weighted by molar-refractivity contribution is 9.10. The SMILES string of the molecule is Cc1cc(Oc2ncccc2C#N)ccc1NC(=O)/C=C/c1cc(Br)ccc1F. The number of carbonyl (C=O) groups excluding carboxylic acids is 1. The van der Waals surface area contributed by atoms with Gasteiger partial charge >= 0.3 is 0 Å². The molecule has 3 aromatic rings. The van der Waals surface area contributed by atoms with Crippen molar-refractivity contribution in [3.05, 3.63) is 87.8 Å². The average Bonchev–Trinajstić information content (AvgIpc) is 2.71. The summed E-state index contributed by atoms with van der Waals surface area (Å²) in [6.45, 7) is 1.81. The number of aromatic nitrogens is 1. The number of ether oxygens (including phenoxy) is 1. The minimum absolute atomic E-state index is 0.213. The predicted octanol–water partition coefficient (Wildman–Crippen LogP) is 5.61. The Kier molecular flexibility index (Phi) is 6.37. The molecule has 0 saturated heterocycles. The maximum Gasteiger partial charge on any atom is 0.248 e. The van der Waals surface area contributed by atoms with E-state index in [0.717, 1.165) is 10.0 Å². The van der Waals surface area contributed by atoms with Crippen molar-refractivity contribution in [1.82, 2.24) is 4.98 Å². The number of nitrogens with one attached hydrogen (secondary N) is 1. The zero-order valence-electron chi connectivity index (χ0n) is 15.3. The number of benzene rings is 2. The van der Waals surface area contributed by atoms with Crippen LogP contribution in [0.1, 0.15) is 16.7 Å². The zero-order valence-corrected chi connectivity index (χ0v) is 16.9. The van der Waals surface area contributed by atoms with Crippen molar-refractivity contribution in [1.29, 1.82) is 5.26 Å². The van der Waals surface area contributed by atoms with E-state index < -0.39 is 11.7 Å². The molecule has 0 aliphatic carbocycles. The van der Waals surface area contributed by atoms with E-state index in [2.05, 4.69) is 26.2 Å². The van der Waals surface area contributed by atoms with Crippen molar-refractivity contribution in [2.75, 3.05) is 5.32 Å². The Labute approximate surface area is 175 Å². The quantitative estimate of drug-likeness (QED) is 0.511. The van der Waals surface area contributed by atoms with Gasteiger partial charge in [-0.25, -0.2) is 9.37 Å². The second-order valence-electron chi connectivity index (χ2n) is 6.04. The molecule has 29 heavy (non-hydrogen) atoms. The second-order valence-corrected chi connectivity index (χ2v) is 6.95. The van der Waals surface area contributed by atoms with Crippen molar-refractivity contribution in [3.63, 3.8) is 0 Å². The molecule has 0 unspecified atom stereocenters. The first kappa shape index (κ1) is 20.2. The van der Waals surface area contributed by atoms with E-state index in [-0.39, 0.29) is 5.88 Å². The van der Waals surface area contributed by atoms with E-state index in [1.165, 1.54) is 24.4 Å². The van der Waals surface area contributed by atoms with Crippen LogP contribution in [0.15, 0.2) is 65.3 Å². The van der Waals surface area contributed by atoms with E-state index in [4.69, 9.17) is 10.00 Å². The number of anilines is 1. The first-order valence-electron chi connectivity index (χ1n) is 8.54. The van der Waals surface area contributed by atoms with Gasteiger partial charge in [0.2, 0.25) is 11.8 Å². The largest absolute Gasteiger partial charge is 0.438 e. The molecule has 0 bridgehead atoms. The number of aryl methyl sites for hydroxylation is 1. The van der Waals surface area contributed by atoms with Crippen LogP contribution in [0.25, 0.3) is 6.08 Å². The monoisotopic (exact) mass is 451 g/mol. The summed E-state index contributed by atoms with van der Waals surface area (Å²) < 4.78 is 20.1. The minimum Gasteiger partial charge on any atom is -0.438 e. The molecule has 5 nitrogen and oxygen atoms in total. The van der Waals surface area contributed by atoms with E-state index in [1.54, 1.807) is 42.5 Å². The van der Waals surface area contributed by atoms with Gasteiger partial charge in [0.25, 0.3) is 0 Å². The molecule has 0 atom stereocenters. The van der Waals surface area contributed by atoms with Gasteiger partial charge in [0.05, 0.1) is 0 Å². The number of rotatable bonds is 5. The lowest BCUT2D eigenvalue weighted by Crippen LogP contribution is -2.09. The number of halogens is 2. The number of hydrogen-bond donors (Lipinski definition) is 1. The molecule has 1 heterocycles. The van der Waals surface area contributed by atoms with Crippen molar-refractivity contribution >= 4 is 33.6 Å². The van der Waals surface area contributed by atoms with Crippen LogP contribution >= 0.6 is 15.9 Å². The Morgan fingerprint density at radius 1 is 1.28 bits per heavy atom. The van der Waals surface area contributed by atoms with Crippen LogP contribution in [0.4, 0.5) is 10.1 Å². The molecule has 0 radical (unpaired) electrons. The van der Waals surface area contributed by atoms with Gasteiger partial charge < -0.3 is 10.1 Å². The van der Waals surface area contributed by atoms with Crippen molar-refractivity contribution in [3.8, 4) is 17.7 Å². The smallest absolute Gasteiger partial charge is 0.248 e. The van der Waals surface area contributed by atoms with E-state index >= 15 is 0 Å². The molecule has 2 aromatic carbocycles. The van der Waals surface area contributed by atoms with Gasteiger partial charge in [0, 0.05) is 28.0 Å². The number of nitrogens with zero attached hydrogens (tertiary/aromatic N) is 2. The molecule has 7 heteroatoms. The molecule has 0 aliphatic heterocycles. The summed E-state index contributed by atoms with van der Waals surface area (Å²) in [5.74, 6) is -0.105. The number of hydrogen-bond acceptors (Lipinski definition) is 4. The predicted molar refractivity (Wildman–Crippen MR) is 112 cm³/mol. The van der Waals surface area contributed by atoms with Crippen LogP contribution in [-0.4, -0.2) is 10.9 Å². The van der Waals surface area contributed by atoms with Crippen LogP contribution in [0.2, 0.25) is 0 Å². The molecule has 1 aromatic heterocycles. The Morgan fingerprint density at radius 3 is 2.86 bits per heavy atom. The van der Waals surface area contributed by atoms with Crippen molar-refractivity contribution in [2.24, 2.45) is 0 Å². The first-order valence-corrected chi connectivity index (χ1v) is 9.33. The normalized spacial score (nSPS) is 10.6. The van der Waals surface area contributed by atoms with Gasteiger partial charge in [0.1, 0.15) is 23.2 Å². The van der Waals surface area contributed by atoms with Crippen molar-refractivity contribution < 1.29 is 13.9 Å². The fourth-order valence-electron chi connectivity index (χ4n) is 2.49. The van der Waals surface area contributed by atoms with E-state index in [9.17, 15) is 9.18 Å². The maximum atomic E-state index is 13.7. The van der Waals surface area contributed by atoms with E-state index in [0.29, 0.717) is 22.6 Å². The van der Waals surface area contributed by atoms with Gasteiger partial charge in [0.15, 0.2) is 0 Å². The summed E-state index contributed by atoms with van der Waals surface area (Å²) in [6.07, 6.45) is 4.21. The van der Waals surface area contributed by atoms with Crippen LogP contribution < -0.4 is 10.1 Å². The zero-order chi connectivity index (χ0) is 20.8. The van der Waals surface area contributed by atoms with Crippen LogP contribution in [0, 0.1) is 24.1 Å². The fourth-order valence-corrected chi connectivity index (χ4v) is 2.87. The second kappa shape index (κ2) is 9.13. The van der Waals surface area contributed by atoms with Crippen molar-refractivity contribution in [2.45, 2.75) is 6.92 Å². The lowest BCUT2D eigenvalue weighted by atomic mass is 10.1. The Morgan fingerprint density at radius 2 is 2.10 bits per heavy atom. The molecule has 0 fully saturated rings. The molecule has 1 N–H and O–H groups in total. The molecular formula is C22H15BrFN3O2. The fraction of sp³-hybridized carbons (Fsp3) is 0.0455. The summed E-state index contributed by atoms with van der Waals surface area (Å²) >= 11 is 3.27. The Hall–Kier alpha value is -3.50. The average molecular weight is 452 g/mol. The molecule has 3 rings (SSSR count). The summed E-state index contributed by atoms with van der Waals surface area (Å²) in [6, 6.07) is 14.9. The number of carbonyl (C=O) groups is 1. The third kappa shape index (κ3) is 5.27. The molecule has 144 valence electrons. The molecule has 0 saturated carbocycles. The molecule has 0 aliphatic rings. The summed E-state index contributed by atoms with van der Waals surface area (Å²) in [5, 5.41) is 11.9. The van der Waals surface area contributed by atoms with Gasteiger partial charge in [-0.2, -0.15) is 5.26 Å². The standard InChI is InChI=1S/C22H15BrFN3O2/c1-14-11-18(29-22-16(13-25)3-2-10-26-22)6-8-20(14)27-21(28)9-4-15-12-17(23)5-7-19(15)24/h2-12H,1H3,(H,27,28)/b9-4+. The Balaban J connectivity index is 1.70. The molecule has 1 amide bonds. The van der Waals surface area contributed by atoms with Gasteiger partial charge in [-0.05, 0) is 67.1 Å². The highest BCUT2D eigenvalue weighted by atomic mass is 79.9.